The average Bonchev–Trinajstić information content (AvgIpc) is 3.24. The lowest BCUT2D eigenvalue weighted by molar-refractivity contribution is 0.127. The van der Waals surface area contributed by atoms with E-state index in [0.29, 0.717) is 24.1 Å². The van der Waals surface area contributed by atoms with Gasteiger partial charge in [-0.1, -0.05) is 17.7 Å². The highest BCUT2D eigenvalue weighted by Gasteiger charge is 2.18. The van der Waals surface area contributed by atoms with Gasteiger partial charge in [0.15, 0.2) is 11.6 Å². The van der Waals surface area contributed by atoms with Gasteiger partial charge >= 0.3 is 0 Å². The number of halogens is 1. The van der Waals surface area contributed by atoms with Crippen LogP contribution in [0, 0.1) is 0 Å². The third-order valence-electron chi connectivity index (χ3n) is 3.84. The van der Waals surface area contributed by atoms with Crippen LogP contribution in [0.2, 0.25) is 5.02 Å². The van der Waals surface area contributed by atoms with Gasteiger partial charge in [-0.15, -0.1) is 10.2 Å². The van der Waals surface area contributed by atoms with Gasteiger partial charge in [0, 0.05) is 29.7 Å². The molecule has 0 saturated carbocycles. The lowest BCUT2D eigenvalue weighted by Gasteiger charge is -2.09. The Bertz CT molecular complexity index is 973. The van der Waals surface area contributed by atoms with E-state index < -0.39 is 0 Å². The SMILES string of the molecule is CCOCc1nnc(-c2cn3ccccc3n2)n1-c1ccc(Cl)cc1. The van der Waals surface area contributed by atoms with E-state index >= 15 is 0 Å². The first-order chi connectivity index (χ1) is 12.3. The molecule has 0 fully saturated rings. The molecule has 4 aromatic rings. The van der Waals surface area contributed by atoms with Crippen LogP contribution < -0.4 is 0 Å². The molecule has 3 aromatic heterocycles. The molecule has 6 nitrogen and oxygen atoms in total. The zero-order valence-corrected chi connectivity index (χ0v) is 14.4. The summed E-state index contributed by atoms with van der Waals surface area (Å²) >= 11 is 6.03. The molecule has 0 amide bonds. The summed E-state index contributed by atoms with van der Waals surface area (Å²) in [4.78, 5) is 4.65. The molecule has 3 heterocycles. The molecule has 0 atom stereocenters. The maximum atomic E-state index is 6.03. The maximum Gasteiger partial charge on any atom is 0.188 e. The Hall–Kier alpha value is -2.70. The lowest BCUT2D eigenvalue weighted by atomic mass is 10.3. The number of aromatic nitrogens is 5. The number of ether oxygens (including phenoxy) is 1. The van der Waals surface area contributed by atoms with Crippen molar-refractivity contribution in [3.63, 3.8) is 0 Å². The van der Waals surface area contributed by atoms with E-state index in [1.54, 1.807) is 0 Å². The highest BCUT2D eigenvalue weighted by atomic mass is 35.5. The Labute approximate surface area is 149 Å². The van der Waals surface area contributed by atoms with Gasteiger partial charge in [0.25, 0.3) is 0 Å². The van der Waals surface area contributed by atoms with Gasteiger partial charge in [0.1, 0.15) is 17.9 Å². The summed E-state index contributed by atoms with van der Waals surface area (Å²) in [7, 11) is 0. The van der Waals surface area contributed by atoms with Crippen LogP contribution in [0.4, 0.5) is 0 Å². The fourth-order valence-electron chi connectivity index (χ4n) is 2.67. The van der Waals surface area contributed by atoms with Crippen LogP contribution in [0.25, 0.3) is 22.9 Å². The average molecular weight is 354 g/mol. The van der Waals surface area contributed by atoms with Gasteiger partial charge in [0.05, 0.1) is 0 Å². The van der Waals surface area contributed by atoms with Gasteiger partial charge in [-0.25, -0.2) is 4.98 Å². The normalized spacial score (nSPS) is 11.3. The van der Waals surface area contributed by atoms with Crippen molar-refractivity contribution in [3.8, 4) is 17.2 Å². The highest BCUT2D eigenvalue weighted by molar-refractivity contribution is 6.30. The molecule has 0 radical (unpaired) electrons. The van der Waals surface area contributed by atoms with Crippen LogP contribution in [0.1, 0.15) is 12.7 Å². The van der Waals surface area contributed by atoms with Crippen LogP contribution in [0.3, 0.4) is 0 Å². The second-order valence-electron chi connectivity index (χ2n) is 5.48. The number of benzene rings is 1. The Morgan fingerprint density at radius 2 is 1.92 bits per heavy atom. The fraction of sp³-hybridized carbons (Fsp3) is 0.167. The molecular formula is C18H16ClN5O. The Balaban J connectivity index is 1.86. The van der Waals surface area contributed by atoms with Crippen LogP contribution >= 0.6 is 11.6 Å². The van der Waals surface area contributed by atoms with Crippen molar-refractivity contribution in [3.05, 3.63) is 65.7 Å². The predicted octanol–water partition coefficient (Wildman–Crippen LogP) is 3.77. The van der Waals surface area contributed by atoms with Gasteiger partial charge in [-0.2, -0.15) is 0 Å². The molecule has 0 aliphatic rings. The van der Waals surface area contributed by atoms with E-state index in [9.17, 15) is 0 Å². The molecule has 1 aromatic carbocycles. The zero-order valence-electron chi connectivity index (χ0n) is 13.6. The number of nitrogens with zero attached hydrogens (tertiary/aromatic N) is 5. The fourth-order valence-corrected chi connectivity index (χ4v) is 2.80. The summed E-state index contributed by atoms with van der Waals surface area (Å²) in [6.45, 7) is 2.93. The van der Waals surface area contributed by atoms with Crippen LogP contribution in [0.5, 0.6) is 0 Å². The maximum absolute atomic E-state index is 6.03. The Kier molecular flexibility index (Phi) is 4.21. The Morgan fingerprint density at radius 1 is 1.08 bits per heavy atom. The van der Waals surface area contributed by atoms with Gasteiger partial charge < -0.3 is 9.14 Å². The lowest BCUT2D eigenvalue weighted by Crippen LogP contribution is -2.05. The van der Waals surface area contributed by atoms with Gasteiger partial charge in [-0.3, -0.25) is 4.57 Å². The third-order valence-corrected chi connectivity index (χ3v) is 4.10. The highest BCUT2D eigenvalue weighted by Crippen LogP contribution is 2.24. The van der Waals surface area contributed by atoms with Crippen molar-refractivity contribution >= 4 is 17.2 Å². The molecule has 7 heteroatoms. The van der Waals surface area contributed by atoms with E-state index in [4.69, 9.17) is 16.3 Å². The molecule has 4 rings (SSSR count). The smallest absolute Gasteiger partial charge is 0.188 e. The van der Waals surface area contributed by atoms with Crippen molar-refractivity contribution in [2.45, 2.75) is 13.5 Å². The third kappa shape index (κ3) is 3.01. The Morgan fingerprint density at radius 3 is 2.68 bits per heavy atom. The van der Waals surface area contributed by atoms with Gasteiger partial charge in [-0.05, 0) is 43.3 Å². The first-order valence-corrected chi connectivity index (χ1v) is 8.36. The van der Waals surface area contributed by atoms with Crippen molar-refractivity contribution in [1.29, 1.82) is 0 Å². The second-order valence-corrected chi connectivity index (χ2v) is 5.92. The van der Waals surface area contributed by atoms with E-state index in [-0.39, 0.29) is 0 Å². The largest absolute Gasteiger partial charge is 0.374 e. The van der Waals surface area contributed by atoms with Crippen molar-refractivity contribution in [1.82, 2.24) is 24.1 Å². The quantitative estimate of drug-likeness (QED) is 0.548. The molecule has 0 aliphatic carbocycles. The molecule has 0 N–H and O–H groups in total. The second kappa shape index (κ2) is 6.66. The number of pyridine rings is 1. The molecule has 0 aliphatic heterocycles. The number of rotatable bonds is 5. The summed E-state index contributed by atoms with van der Waals surface area (Å²) in [5.74, 6) is 1.39. The van der Waals surface area contributed by atoms with Crippen molar-refractivity contribution in [2.75, 3.05) is 6.61 Å². The number of hydrogen-bond acceptors (Lipinski definition) is 4. The molecule has 0 spiro atoms. The topological polar surface area (TPSA) is 57.2 Å². The monoisotopic (exact) mass is 353 g/mol. The molecule has 0 saturated heterocycles. The summed E-state index contributed by atoms with van der Waals surface area (Å²) < 4.78 is 9.45. The minimum atomic E-state index is 0.375. The number of fused-ring (bicyclic) bond motifs is 1. The van der Waals surface area contributed by atoms with E-state index in [1.807, 2.05) is 70.7 Å². The van der Waals surface area contributed by atoms with E-state index in [2.05, 4.69) is 15.2 Å². The zero-order chi connectivity index (χ0) is 17.2. The minimum Gasteiger partial charge on any atom is -0.374 e. The van der Waals surface area contributed by atoms with Crippen LogP contribution in [-0.2, 0) is 11.3 Å². The van der Waals surface area contributed by atoms with Gasteiger partial charge in [0.2, 0.25) is 0 Å². The first-order valence-electron chi connectivity index (χ1n) is 7.98. The molecule has 0 unspecified atom stereocenters. The summed E-state index contributed by atoms with van der Waals surface area (Å²) in [5, 5.41) is 9.34. The first kappa shape index (κ1) is 15.8. The van der Waals surface area contributed by atoms with Crippen LogP contribution in [0.15, 0.2) is 54.9 Å². The summed E-state index contributed by atoms with van der Waals surface area (Å²) in [6, 6.07) is 13.4. The molecule has 0 bridgehead atoms. The number of imidazole rings is 1. The van der Waals surface area contributed by atoms with Crippen LogP contribution in [-0.4, -0.2) is 30.8 Å². The van der Waals surface area contributed by atoms with E-state index in [0.717, 1.165) is 22.9 Å². The predicted molar refractivity (Wildman–Crippen MR) is 95.9 cm³/mol. The number of hydrogen-bond donors (Lipinski definition) is 0. The molecule has 126 valence electrons. The summed E-state index contributed by atoms with van der Waals surface area (Å²) in [5.41, 5.74) is 2.52. The van der Waals surface area contributed by atoms with Crippen molar-refractivity contribution < 1.29 is 4.74 Å². The molecular weight excluding hydrogens is 338 g/mol. The molecule has 25 heavy (non-hydrogen) atoms. The summed E-state index contributed by atoms with van der Waals surface area (Å²) in [6.07, 6.45) is 3.90. The van der Waals surface area contributed by atoms with E-state index in [1.165, 1.54) is 0 Å². The standard InChI is InChI=1S/C18H16ClN5O/c1-2-25-12-17-21-22-18(24(17)14-8-6-13(19)7-9-14)15-11-23-10-4-3-5-16(23)20-15/h3-11H,2,12H2,1H3. The minimum absolute atomic E-state index is 0.375. The van der Waals surface area contributed by atoms with Crippen molar-refractivity contribution in [2.24, 2.45) is 0 Å².